The lowest BCUT2D eigenvalue weighted by atomic mass is 10.0. The monoisotopic (exact) mass is 374 g/mol. The molecule has 2 heterocycles. The maximum atomic E-state index is 12.5. The van der Waals surface area contributed by atoms with Gasteiger partial charge in [0.25, 0.3) is 11.8 Å². The van der Waals surface area contributed by atoms with Crippen molar-refractivity contribution in [2.45, 2.75) is 31.9 Å². The van der Waals surface area contributed by atoms with Crippen molar-refractivity contribution in [3.63, 3.8) is 0 Å². The fourth-order valence-corrected chi connectivity index (χ4v) is 3.95. The van der Waals surface area contributed by atoms with Crippen molar-refractivity contribution in [3.8, 4) is 0 Å². The highest BCUT2D eigenvalue weighted by atomic mass is 16.3. The summed E-state index contributed by atoms with van der Waals surface area (Å²) in [7, 11) is 0. The first-order chi connectivity index (χ1) is 13.1. The third-order valence-electron chi connectivity index (χ3n) is 5.42. The van der Waals surface area contributed by atoms with Gasteiger partial charge in [0.1, 0.15) is 0 Å². The molecule has 2 amide bonds. The first kappa shape index (κ1) is 19.9. The molecule has 3 N–H and O–H groups in total. The number of nitrogens with one attached hydrogen (secondary N) is 2. The average Bonchev–Trinajstić information content (AvgIpc) is 2.98. The van der Waals surface area contributed by atoms with E-state index in [-0.39, 0.29) is 17.9 Å². The Labute approximate surface area is 160 Å². The number of imide groups is 1. The fourth-order valence-electron chi connectivity index (χ4n) is 3.95. The molecule has 0 saturated carbocycles. The summed E-state index contributed by atoms with van der Waals surface area (Å²) in [6.45, 7) is 7.65. The van der Waals surface area contributed by atoms with Crippen LogP contribution in [0.4, 0.5) is 0 Å². The van der Waals surface area contributed by atoms with Gasteiger partial charge < -0.3 is 15.7 Å². The summed E-state index contributed by atoms with van der Waals surface area (Å²) < 4.78 is 0. The molecule has 2 aliphatic rings. The van der Waals surface area contributed by atoms with Crippen LogP contribution in [0.5, 0.6) is 0 Å². The molecule has 27 heavy (non-hydrogen) atoms. The summed E-state index contributed by atoms with van der Waals surface area (Å²) in [5, 5.41) is 17.1. The minimum Gasteiger partial charge on any atom is -0.392 e. The summed E-state index contributed by atoms with van der Waals surface area (Å²) in [5.74, 6) is -0.416. The van der Waals surface area contributed by atoms with E-state index >= 15 is 0 Å². The highest BCUT2D eigenvalue weighted by Gasteiger charge is 2.35. The summed E-state index contributed by atoms with van der Waals surface area (Å²) in [5.41, 5.74) is 0.985. The number of benzene rings is 1. The van der Waals surface area contributed by atoms with Crippen molar-refractivity contribution >= 4 is 11.8 Å². The second kappa shape index (κ2) is 9.41. The van der Waals surface area contributed by atoms with Crippen LogP contribution in [0.15, 0.2) is 24.3 Å². The van der Waals surface area contributed by atoms with Gasteiger partial charge in [-0.1, -0.05) is 12.1 Å². The molecule has 7 nitrogen and oxygen atoms in total. The molecule has 1 aromatic carbocycles. The van der Waals surface area contributed by atoms with Crippen LogP contribution in [0, 0.1) is 0 Å². The predicted molar refractivity (Wildman–Crippen MR) is 104 cm³/mol. The Morgan fingerprint density at radius 3 is 2.07 bits per heavy atom. The van der Waals surface area contributed by atoms with Gasteiger partial charge in [-0.3, -0.25) is 19.4 Å². The van der Waals surface area contributed by atoms with Crippen LogP contribution in [0.1, 0.15) is 40.5 Å². The van der Waals surface area contributed by atoms with E-state index in [1.165, 1.54) is 4.90 Å². The summed E-state index contributed by atoms with van der Waals surface area (Å²) in [6.07, 6.45) is 0.955. The van der Waals surface area contributed by atoms with Gasteiger partial charge in [-0.25, -0.2) is 0 Å². The number of hydrogen-bond acceptors (Lipinski definition) is 6. The van der Waals surface area contributed by atoms with Crippen LogP contribution in [0.25, 0.3) is 0 Å². The van der Waals surface area contributed by atoms with E-state index in [1.807, 2.05) is 6.92 Å². The number of nitrogens with zero attached hydrogens (tertiary/aromatic N) is 2. The van der Waals surface area contributed by atoms with E-state index in [4.69, 9.17) is 0 Å². The predicted octanol–water partition coefficient (Wildman–Crippen LogP) is 0.307. The number of amides is 2. The molecule has 0 spiro atoms. The smallest absolute Gasteiger partial charge is 0.261 e. The summed E-state index contributed by atoms with van der Waals surface area (Å²) in [4.78, 5) is 28.6. The van der Waals surface area contributed by atoms with Crippen LogP contribution in [-0.4, -0.2) is 84.7 Å². The number of carbonyl (C=O) groups is 2. The Bertz CT molecular complexity index is 619. The van der Waals surface area contributed by atoms with E-state index in [0.717, 1.165) is 45.7 Å². The molecule has 0 aliphatic carbocycles. The van der Waals surface area contributed by atoms with Crippen LogP contribution < -0.4 is 10.6 Å². The fraction of sp³-hybridized carbons (Fsp3) is 0.600. The zero-order chi connectivity index (χ0) is 19.2. The van der Waals surface area contributed by atoms with Crippen LogP contribution in [-0.2, 0) is 0 Å². The SMILES string of the molecule is CC(O)C(CCCN1C(=O)c2ccccc2C1=O)N1CCNCCNCC1. The van der Waals surface area contributed by atoms with Gasteiger partial charge in [-0.15, -0.1) is 0 Å². The first-order valence-corrected chi connectivity index (χ1v) is 9.88. The minimum atomic E-state index is -0.465. The maximum Gasteiger partial charge on any atom is 0.261 e. The Balaban J connectivity index is 1.57. The molecule has 0 radical (unpaired) electrons. The molecular formula is C20H30N4O3. The van der Waals surface area contributed by atoms with Gasteiger partial charge in [0.05, 0.1) is 17.2 Å². The number of aliphatic hydroxyl groups excluding tert-OH is 1. The number of fused-ring (bicyclic) bond motifs is 1. The molecule has 148 valence electrons. The lowest BCUT2D eigenvalue weighted by Gasteiger charge is -2.34. The van der Waals surface area contributed by atoms with Crippen molar-refractivity contribution in [2.75, 3.05) is 45.8 Å². The van der Waals surface area contributed by atoms with Crippen molar-refractivity contribution in [1.29, 1.82) is 0 Å². The molecule has 7 heteroatoms. The maximum absolute atomic E-state index is 12.5. The Morgan fingerprint density at radius 2 is 1.56 bits per heavy atom. The van der Waals surface area contributed by atoms with E-state index in [0.29, 0.717) is 24.1 Å². The van der Waals surface area contributed by atoms with Crippen LogP contribution in [0.2, 0.25) is 0 Å². The van der Waals surface area contributed by atoms with Crippen molar-refractivity contribution in [2.24, 2.45) is 0 Å². The van der Waals surface area contributed by atoms with Crippen LogP contribution >= 0.6 is 0 Å². The van der Waals surface area contributed by atoms with Crippen molar-refractivity contribution in [1.82, 2.24) is 20.4 Å². The molecule has 2 atom stereocenters. The van der Waals surface area contributed by atoms with Gasteiger partial charge in [0, 0.05) is 51.9 Å². The third-order valence-corrected chi connectivity index (χ3v) is 5.42. The third kappa shape index (κ3) is 4.73. The lowest BCUT2D eigenvalue weighted by Crippen LogP contribution is -2.47. The quantitative estimate of drug-likeness (QED) is 0.622. The molecule has 2 aliphatic heterocycles. The summed E-state index contributed by atoms with van der Waals surface area (Å²) in [6, 6.07) is 6.99. The lowest BCUT2D eigenvalue weighted by molar-refractivity contribution is 0.0519. The molecule has 1 fully saturated rings. The van der Waals surface area contributed by atoms with Crippen molar-refractivity contribution in [3.05, 3.63) is 35.4 Å². The number of carbonyl (C=O) groups excluding carboxylic acids is 2. The van der Waals surface area contributed by atoms with Gasteiger partial charge in [0.2, 0.25) is 0 Å². The molecular weight excluding hydrogens is 344 g/mol. The highest BCUT2D eigenvalue weighted by Crippen LogP contribution is 2.23. The molecule has 0 bridgehead atoms. The van der Waals surface area contributed by atoms with E-state index < -0.39 is 6.10 Å². The van der Waals surface area contributed by atoms with E-state index in [9.17, 15) is 14.7 Å². The molecule has 1 aromatic rings. The summed E-state index contributed by atoms with van der Waals surface area (Å²) >= 11 is 0. The number of aliphatic hydroxyl groups is 1. The molecule has 2 unspecified atom stereocenters. The van der Waals surface area contributed by atoms with Gasteiger partial charge in [-0.2, -0.15) is 0 Å². The van der Waals surface area contributed by atoms with E-state index in [1.54, 1.807) is 24.3 Å². The van der Waals surface area contributed by atoms with Gasteiger partial charge >= 0.3 is 0 Å². The molecule has 0 aromatic heterocycles. The first-order valence-electron chi connectivity index (χ1n) is 9.88. The topological polar surface area (TPSA) is 84.9 Å². The number of hydrogen-bond donors (Lipinski definition) is 3. The minimum absolute atomic E-state index is 0.0156. The van der Waals surface area contributed by atoms with Crippen LogP contribution in [0.3, 0.4) is 0 Å². The molecule has 3 rings (SSSR count). The Hall–Kier alpha value is -1.80. The van der Waals surface area contributed by atoms with Gasteiger partial charge in [0.15, 0.2) is 0 Å². The second-order valence-corrected chi connectivity index (χ2v) is 7.29. The largest absolute Gasteiger partial charge is 0.392 e. The highest BCUT2D eigenvalue weighted by molar-refractivity contribution is 6.21. The van der Waals surface area contributed by atoms with Crippen molar-refractivity contribution < 1.29 is 14.7 Å². The normalized spacial score (nSPS) is 21.3. The molecule has 1 saturated heterocycles. The second-order valence-electron chi connectivity index (χ2n) is 7.29. The Morgan fingerprint density at radius 1 is 1.00 bits per heavy atom. The number of rotatable bonds is 6. The van der Waals surface area contributed by atoms with E-state index in [2.05, 4.69) is 15.5 Å². The zero-order valence-corrected chi connectivity index (χ0v) is 16.0. The standard InChI is InChI=1S/C20H30N4O3/c1-15(25)18(23-13-10-21-8-9-22-11-14-23)7-4-12-24-19(26)16-5-2-3-6-17(16)20(24)27/h2-3,5-6,15,18,21-22,25H,4,7-14H2,1H3. The average molecular weight is 374 g/mol. The van der Waals surface area contributed by atoms with Gasteiger partial charge in [-0.05, 0) is 31.9 Å². The Kier molecular flexibility index (Phi) is 6.95. The zero-order valence-electron chi connectivity index (χ0n) is 16.0.